The van der Waals surface area contributed by atoms with Crippen LogP contribution in [0.25, 0.3) is 10.6 Å². The van der Waals surface area contributed by atoms with Gasteiger partial charge in [-0.05, 0) is 31.9 Å². The highest BCUT2D eigenvalue weighted by Gasteiger charge is 2.12. The van der Waals surface area contributed by atoms with E-state index in [1.54, 1.807) is 23.7 Å². The van der Waals surface area contributed by atoms with Crippen LogP contribution >= 0.6 is 11.3 Å². The zero-order valence-corrected chi connectivity index (χ0v) is 14.5. The Hall–Kier alpha value is -1.31. The number of unbranched alkanes of at least 4 members (excludes halogenated alkanes) is 1. The van der Waals surface area contributed by atoms with E-state index in [2.05, 4.69) is 14.7 Å². The lowest BCUT2D eigenvalue weighted by molar-refractivity contribution is 0.578. The third kappa shape index (κ3) is 4.86. The highest BCUT2D eigenvalue weighted by atomic mass is 32.2. The molecule has 2 heterocycles. The fourth-order valence-electron chi connectivity index (χ4n) is 2.00. The molecule has 0 spiro atoms. The van der Waals surface area contributed by atoms with Gasteiger partial charge in [0.25, 0.3) is 0 Å². The monoisotopic (exact) mass is 339 g/mol. The van der Waals surface area contributed by atoms with Crippen LogP contribution in [-0.4, -0.2) is 30.7 Å². The smallest absolute Gasteiger partial charge is 0.211 e. The number of aryl methyl sites for hydroxylation is 1. The first-order chi connectivity index (χ1) is 10.5. The van der Waals surface area contributed by atoms with Crippen LogP contribution in [0.1, 0.15) is 30.3 Å². The molecule has 0 aliphatic heterocycles. The maximum Gasteiger partial charge on any atom is 0.211 e. The summed E-state index contributed by atoms with van der Waals surface area (Å²) in [5.41, 5.74) is 2.00. The molecule has 0 aliphatic carbocycles. The van der Waals surface area contributed by atoms with Gasteiger partial charge in [0.15, 0.2) is 0 Å². The summed E-state index contributed by atoms with van der Waals surface area (Å²) in [6, 6.07) is 3.85. The highest BCUT2D eigenvalue weighted by molar-refractivity contribution is 7.89. The van der Waals surface area contributed by atoms with Crippen LogP contribution in [0.15, 0.2) is 24.5 Å². The Balaban J connectivity index is 1.96. The predicted molar refractivity (Wildman–Crippen MR) is 90.5 cm³/mol. The molecule has 0 aliphatic rings. The third-order valence-corrected chi connectivity index (χ3v) is 6.00. The van der Waals surface area contributed by atoms with Crippen molar-refractivity contribution in [1.29, 1.82) is 0 Å². The Labute approximate surface area is 135 Å². The van der Waals surface area contributed by atoms with Crippen LogP contribution in [0.2, 0.25) is 0 Å². The standard InChI is InChI=1S/C15H21N3O2S2/c1-3-4-11-22(19,20)17-10-7-14-12(2)18-15(21-14)13-5-8-16-9-6-13/h5-6,8-9,17H,3-4,7,10-11H2,1-2H3. The summed E-state index contributed by atoms with van der Waals surface area (Å²) in [7, 11) is -3.15. The average Bonchev–Trinajstić information content (AvgIpc) is 2.87. The Morgan fingerprint density at radius 1 is 1.27 bits per heavy atom. The number of aromatic nitrogens is 2. The van der Waals surface area contributed by atoms with Gasteiger partial charge in [0.05, 0.1) is 11.4 Å². The molecule has 7 heteroatoms. The topological polar surface area (TPSA) is 72.0 Å². The predicted octanol–water partition coefficient (Wildman–Crippen LogP) is 2.78. The van der Waals surface area contributed by atoms with Crippen LogP contribution in [0, 0.1) is 6.92 Å². The minimum atomic E-state index is -3.15. The summed E-state index contributed by atoms with van der Waals surface area (Å²) < 4.78 is 26.2. The molecule has 5 nitrogen and oxygen atoms in total. The Kier molecular flexibility index (Phi) is 6.05. The number of thiazole rings is 1. The largest absolute Gasteiger partial charge is 0.265 e. The number of nitrogens with zero attached hydrogens (tertiary/aromatic N) is 2. The van der Waals surface area contributed by atoms with E-state index in [1.807, 2.05) is 26.0 Å². The fraction of sp³-hybridized carbons (Fsp3) is 0.467. The van der Waals surface area contributed by atoms with E-state index in [1.165, 1.54) is 0 Å². The summed E-state index contributed by atoms with van der Waals surface area (Å²) >= 11 is 1.61. The van der Waals surface area contributed by atoms with Crippen LogP contribution in [-0.2, 0) is 16.4 Å². The van der Waals surface area contributed by atoms with Crippen LogP contribution in [0.4, 0.5) is 0 Å². The van der Waals surface area contributed by atoms with Crippen molar-refractivity contribution >= 4 is 21.4 Å². The second kappa shape index (κ2) is 7.80. The van der Waals surface area contributed by atoms with E-state index < -0.39 is 10.0 Å². The molecule has 0 saturated heterocycles. The van der Waals surface area contributed by atoms with E-state index in [0.29, 0.717) is 19.4 Å². The first-order valence-electron chi connectivity index (χ1n) is 7.36. The number of sulfonamides is 1. The van der Waals surface area contributed by atoms with Gasteiger partial charge in [-0.1, -0.05) is 13.3 Å². The molecule has 0 unspecified atom stereocenters. The van der Waals surface area contributed by atoms with E-state index in [0.717, 1.165) is 27.6 Å². The second-order valence-electron chi connectivity index (χ2n) is 5.08. The lowest BCUT2D eigenvalue weighted by atomic mass is 10.3. The van der Waals surface area contributed by atoms with E-state index in [9.17, 15) is 8.42 Å². The van der Waals surface area contributed by atoms with E-state index in [-0.39, 0.29) is 5.75 Å². The van der Waals surface area contributed by atoms with Crippen molar-refractivity contribution < 1.29 is 8.42 Å². The van der Waals surface area contributed by atoms with E-state index >= 15 is 0 Å². The number of nitrogens with one attached hydrogen (secondary N) is 1. The maximum absolute atomic E-state index is 11.8. The molecule has 120 valence electrons. The molecule has 0 aromatic carbocycles. The van der Waals surface area contributed by atoms with Gasteiger partial charge in [0.2, 0.25) is 10.0 Å². The Bertz CT molecular complexity index is 697. The number of hydrogen-bond donors (Lipinski definition) is 1. The lowest BCUT2D eigenvalue weighted by Crippen LogP contribution is -2.28. The molecule has 0 amide bonds. The first kappa shape index (κ1) is 17.1. The molecule has 0 fully saturated rings. The van der Waals surface area contributed by atoms with Crippen molar-refractivity contribution in [3.63, 3.8) is 0 Å². The Morgan fingerprint density at radius 3 is 2.68 bits per heavy atom. The number of hydrogen-bond acceptors (Lipinski definition) is 5. The quantitative estimate of drug-likeness (QED) is 0.803. The number of pyridine rings is 1. The number of rotatable bonds is 8. The van der Waals surface area contributed by atoms with Crippen molar-refractivity contribution in [1.82, 2.24) is 14.7 Å². The van der Waals surface area contributed by atoms with Crippen LogP contribution in [0.5, 0.6) is 0 Å². The molecule has 22 heavy (non-hydrogen) atoms. The summed E-state index contributed by atoms with van der Waals surface area (Å²) in [6.07, 6.45) is 5.73. The van der Waals surface area contributed by atoms with Crippen molar-refractivity contribution in [2.45, 2.75) is 33.1 Å². The van der Waals surface area contributed by atoms with Gasteiger partial charge in [-0.3, -0.25) is 4.98 Å². The molecular weight excluding hydrogens is 318 g/mol. The normalized spacial score (nSPS) is 11.7. The van der Waals surface area contributed by atoms with Gasteiger partial charge in [0, 0.05) is 29.4 Å². The minimum Gasteiger partial charge on any atom is -0.265 e. The molecule has 1 N–H and O–H groups in total. The van der Waals surface area contributed by atoms with Gasteiger partial charge in [-0.2, -0.15) is 0 Å². The van der Waals surface area contributed by atoms with Crippen LogP contribution < -0.4 is 4.72 Å². The molecule has 0 atom stereocenters. The molecule has 2 aromatic rings. The van der Waals surface area contributed by atoms with E-state index in [4.69, 9.17) is 0 Å². The molecule has 0 saturated carbocycles. The zero-order valence-electron chi connectivity index (χ0n) is 12.9. The molecule has 0 bridgehead atoms. The van der Waals surface area contributed by atoms with Crippen LogP contribution in [0.3, 0.4) is 0 Å². The SMILES string of the molecule is CCCCS(=O)(=O)NCCc1sc(-c2ccncc2)nc1C. The molecule has 2 aromatic heterocycles. The first-order valence-corrected chi connectivity index (χ1v) is 9.82. The zero-order chi connectivity index (χ0) is 16.0. The van der Waals surface area contributed by atoms with Gasteiger partial charge in [-0.15, -0.1) is 11.3 Å². The summed E-state index contributed by atoms with van der Waals surface area (Å²) in [5, 5.41) is 0.948. The average molecular weight is 339 g/mol. The molecular formula is C15H21N3O2S2. The highest BCUT2D eigenvalue weighted by Crippen LogP contribution is 2.27. The minimum absolute atomic E-state index is 0.202. The van der Waals surface area contributed by atoms with Gasteiger partial charge >= 0.3 is 0 Å². The summed E-state index contributed by atoms with van der Waals surface area (Å²) in [6.45, 7) is 4.36. The van der Waals surface area contributed by atoms with Crippen molar-refractivity contribution in [2.75, 3.05) is 12.3 Å². The third-order valence-electron chi connectivity index (χ3n) is 3.26. The Morgan fingerprint density at radius 2 is 2.00 bits per heavy atom. The summed E-state index contributed by atoms with van der Waals surface area (Å²) in [4.78, 5) is 9.68. The van der Waals surface area contributed by atoms with Gasteiger partial charge in [0.1, 0.15) is 5.01 Å². The fourth-order valence-corrected chi connectivity index (χ4v) is 4.30. The van der Waals surface area contributed by atoms with Gasteiger partial charge in [-0.25, -0.2) is 18.1 Å². The van der Waals surface area contributed by atoms with Gasteiger partial charge < -0.3 is 0 Å². The molecule has 0 radical (unpaired) electrons. The second-order valence-corrected chi connectivity index (χ2v) is 8.09. The lowest BCUT2D eigenvalue weighted by Gasteiger charge is -2.05. The van der Waals surface area contributed by atoms with Crippen molar-refractivity contribution in [3.05, 3.63) is 35.1 Å². The van der Waals surface area contributed by atoms with Crippen molar-refractivity contribution in [2.24, 2.45) is 0 Å². The summed E-state index contributed by atoms with van der Waals surface area (Å²) in [5.74, 6) is 0.202. The maximum atomic E-state index is 11.8. The molecule has 2 rings (SSSR count). The van der Waals surface area contributed by atoms with Crippen molar-refractivity contribution in [3.8, 4) is 10.6 Å².